The Labute approximate surface area is 108 Å². The van der Waals surface area contributed by atoms with Gasteiger partial charge in [0.1, 0.15) is 5.82 Å². The molecule has 0 bridgehead atoms. The zero-order valence-electron chi connectivity index (χ0n) is 11.5. The van der Waals surface area contributed by atoms with E-state index in [4.69, 9.17) is 4.74 Å². The van der Waals surface area contributed by atoms with E-state index in [-0.39, 0.29) is 17.1 Å². The van der Waals surface area contributed by atoms with Crippen LogP contribution >= 0.6 is 0 Å². The normalized spacial score (nSPS) is 20.9. The van der Waals surface area contributed by atoms with Gasteiger partial charge in [0, 0.05) is 24.5 Å². The smallest absolute Gasteiger partial charge is 0.251 e. The lowest BCUT2D eigenvalue weighted by Gasteiger charge is -2.23. The predicted molar refractivity (Wildman–Crippen MR) is 70.9 cm³/mol. The molecule has 2 rings (SSSR count). The van der Waals surface area contributed by atoms with Crippen molar-refractivity contribution in [3.8, 4) is 0 Å². The number of nitrogens with one attached hydrogen (secondary N) is 1. The number of rotatable bonds is 2. The van der Waals surface area contributed by atoms with Gasteiger partial charge in [-0.2, -0.15) is 0 Å². The summed E-state index contributed by atoms with van der Waals surface area (Å²) >= 11 is 0. The van der Waals surface area contributed by atoms with Crippen molar-refractivity contribution >= 4 is 0 Å². The summed E-state index contributed by atoms with van der Waals surface area (Å²) < 4.78 is 5.69. The first-order valence-electron chi connectivity index (χ1n) is 6.67. The Morgan fingerprint density at radius 3 is 2.83 bits per heavy atom. The first-order chi connectivity index (χ1) is 8.45. The van der Waals surface area contributed by atoms with Crippen LogP contribution in [0.3, 0.4) is 0 Å². The van der Waals surface area contributed by atoms with Crippen LogP contribution in [0.1, 0.15) is 51.6 Å². The average molecular weight is 250 g/mol. The molecule has 1 atom stereocenters. The van der Waals surface area contributed by atoms with E-state index in [1.54, 1.807) is 6.07 Å². The fourth-order valence-electron chi connectivity index (χ4n) is 2.17. The zero-order valence-corrected chi connectivity index (χ0v) is 11.5. The summed E-state index contributed by atoms with van der Waals surface area (Å²) in [5, 5.41) is 0. The number of aromatic amines is 1. The minimum atomic E-state index is -0.101. The minimum absolute atomic E-state index is 0.0688. The Morgan fingerprint density at radius 2 is 2.22 bits per heavy atom. The van der Waals surface area contributed by atoms with E-state index in [2.05, 4.69) is 30.7 Å². The molecule has 4 heteroatoms. The van der Waals surface area contributed by atoms with Crippen LogP contribution < -0.4 is 5.56 Å². The Hall–Kier alpha value is -1.16. The van der Waals surface area contributed by atoms with E-state index >= 15 is 0 Å². The molecule has 2 heterocycles. The topological polar surface area (TPSA) is 55.0 Å². The number of aromatic nitrogens is 2. The highest BCUT2D eigenvalue weighted by Gasteiger charge is 2.19. The van der Waals surface area contributed by atoms with Crippen molar-refractivity contribution in [3.63, 3.8) is 0 Å². The summed E-state index contributed by atoms with van der Waals surface area (Å²) in [4.78, 5) is 19.0. The molecule has 1 aliphatic rings. The van der Waals surface area contributed by atoms with Gasteiger partial charge in [-0.3, -0.25) is 4.79 Å². The SMILES string of the molecule is CC(C)(C)c1cc(=O)[nH]c(CC2CCCCO2)n1. The second kappa shape index (κ2) is 5.22. The molecular weight excluding hydrogens is 228 g/mol. The molecule has 0 aliphatic carbocycles. The van der Waals surface area contributed by atoms with Gasteiger partial charge in [-0.05, 0) is 19.3 Å². The predicted octanol–water partition coefficient (Wildman–Crippen LogP) is 2.18. The second-order valence-electron chi connectivity index (χ2n) is 6.02. The summed E-state index contributed by atoms with van der Waals surface area (Å²) in [6, 6.07) is 1.59. The van der Waals surface area contributed by atoms with Crippen LogP contribution in [0.25, 0.3) is 0 Å². The van der Waals surface area contributed by atoms with Crippen LogP contribution in [-0.4, -0.2) is 22.7 Å². The number of H-pyrrole nitrogens is 1. The van der Waals surface area contributed by atoms with E-state index in [0.29, 0.717) is 6.42 Å². The fourth-order valence-corrected chi connectivity index (χ4v) is 2.17. The number of hydrogen-bond donors (Lipinski definition) is 1. The maximum Gasteiger partial charge on any atom is 0.251 e. The largest absolute Gasteiger partial charge is 0.378 e. The van der Waals surface area contributed by atoms with E-state index < -0.39 is 0 Å². The zero-order chi connectivity index (χ0) is 13.2. The molecule has 1 fully saturated rings. The lowest BCUT2D eigenvalue weighted by Crippen LogP contribution is -2.26. The van der Waals surface area contributed by atoms with Crippen molar-refractivity contribution in [2.24, 2.45) is 0 Å². The van der Waals surface area contributed by atoms with Crippen molar-refractivity contribution < 1.29 is 4.74 Å². The summed E-state index contributed by atoms with van der Waals surface area (Å²) in [7, 11) is 0. The molecule has 1 aromatic heterocycles. The Morgan fingerprint density at radius 1 is 1.44 bits per heavy atom. The molecule has 1 unspecified atom stereocenters. The van der Waals surface area contributed by atoms with E-state index in [1.165, 1.54) is 6.42 Å². The molecule has 4 nitrogen and oxygen atoms in total. The quantitative estimate of drug-likeness (QED) is 0.875. The standard InChI is InChI=1S/C14H22N2O2/c1-14(2,3)11-9-13(17)16-12(15-11)8-10-6-4-5-7-18-10/h9-10H,4-8H2,1-3H3,(H,15,16,17). The maximum atomic E-state index is 11.7. The molecule has 0 amide bonds. The highest BCUT2D eigenvalue weighted by molar-refractivity contribution is 5.12. The fraction of sp³-hybridized carbons (Fsp3) is 0.714. The monoisotopic (exact) mass is 250 g/mol. The van der Waals surface area contributed by atoms with Gasteiger partial charge in [-0.1, -0.05) is 20.8 Å². The van der Waals surface area contributed by atoms with Gasteiger partial charge in [-0.15, -0.1) is 0 Å². The number of hydrogen-bond acceptors (Lipinski definition) is 3. The summed E-state index contributed by atoms with van der Waals surface area (Å²) in [5.74, 6) is 0.749. The van der Waals surface area contributed by atoms with E-state index in [1.807, 2.05) is 0 Å². The molecule has 1 aromatic rings. The van der Waals surface area contributed by atoms with Crippen molar-refractivity contribution in [1.29, 1.82) is 0 Å². The second-order valence-corrected chi connectivity index (χ2v) is 6.02. The van der Waals surface area contributed by atoms with Crippen LogP contribution in [-0.2, 0) is 16.6 Å². The van der Waals surface area contributed by atoms with Crippen molar-refractivity contribution in [2.75, 3.05) is 6.61 Å². The minimum Gasteiger partial charge on any atom is -0.378 e. The van der Waals surface area contributed by atoms with Crippen LogP contribution in [0.15, 0.2) is 10.9 Å². The Balaban J connectivity index is 2.17. The Bertz CT molecular complexity index is 454. The summed E-state index contributed by atoms with van der Waals surface area (Å²) in [6.07, 6.45) is 4.32. The third kappa shape index (κ3) is 3.42. The molecule has 1 aliphatic heterocycles. The Kier molecular flexibility index (Phi) is 3.85. The third-order valence-corrected chi connectivity index (χ3v) is 3.25. The van der Waals surface area contributed by atoms with Gasteiger partial charge in [0.25, 0.3) is 5.56 Å². The van der Waals surface area contributed by atoms with E-state index in [9.17, 15) is 4.79 Å². The highest BCUT2D eigenvalue weighted by Crippen LogP contribution is 2.20. The molecule has 0 aromatic carbocycles. The first kappa shape index (κ1) is 13.3. The summed E-state index contributed by atoms with van der Waals surface area (Å²) in [5.41, 5.74) is 0.675. The molecule has 1 N–H and O–H groups in total. The van der Waals surface area contributed by atoms with Crippen LogP contribution in [0.5, 0.6) is 0 Å². The maximum absolute atomic E-state index is 11.7. The molecule has 0 radical (unpaired) electrons. The molecule has 100 valence electrons. The van der Waals surface area contributed by atoms with Crippen molar-refractivity contribution in [3.05, 3.63) is 27.9 Å². The van der Waals surface area contributed by atoms with Crippen LogP contribution in [0, 0.1) is 0 Å². The average Bonchev–Trinajstić information content (AvgIpc) is 2.28. The molecular formula is C14H22N2O2. The van der Waals surface area contributed by atoms with E-state index in [0.717, 1.165) is 31.0 Å². The van der Waals surface area contributed by atoms with Crippen molar-refractivity contribution in [2.45, 2.75) is 58.0 Å². The van der Waals surface area contributed by atoms with Gasteiger partial charge < -0.3 is 9.72 Å². The van der Waals surface area contributed by atoms with Gasteiger partial charge in [-0.25, -0.2) is 4.98 Å². The molecule has 0 saturated carbocycles. The van der Waals surface area contributed by atoms with Crippen molar-refractivity contribution in [1.82, 2.24) is 9.97 Å². The lowest BCUT2D eigenvalue weighted by atomic mass is 9.92. The van der Waals surface area contributed by atoms with Crippen LogP contribution in [0.4, 0.5) is 0 Å². The first-order valence-corrected chi connectivity index (χ1v) is 6.67. The summed E-state index contributed by atoms with van der Waals surface area (Å²) in [6.45, 7) is 7.02. The molecule has 1 saturated heterocycles. The molecule has 18 heavy (non-hydrogen) atoms. The van der Waals surface area contributed by atoms with Gasteiger partial charge in [0.05, 0.1) is 11.8 Å². The number of ether oxygens (including phenoxy) is 1. The van der Waals surface area contributed by atoms with Gasteiger partial charge >= 0.3 is 0 Å². The lowest BCUT2D eigenvalue weighted by molar-refractivity contribution is 0.0155. The molecule has 0 spiro atoms. The van der Waals surface area contributed by atoms with Gasteiger partial charge in [0.15, 0.2) is 0 Å². The number of nitrogens with zero attached hydrogens (tertiary/aromatic N) is 1. The highest BCUT2D eigenvalue weighted by atomic mass is 16.5. The van der Waals surface area contributed by atoms with Crippen LogP contribution in [0.2, 0.25) is 0 Å². The van der Waals surface area contributed by atoms with Gasteiger partial charge in [0.2, 0.25) is 0 Å². The third-order valence-electron chi connectivity index (χ3n) is 3.25.